The molecule has 1 aliphatic rings. The Morgan fingerprint density at radius 2 is 2.18 bits per heavy atom. The molecule has 1 aromatic rings. The van der Waals surface area contributed by atoms with Gasteiger partial charge in [0.25, 0.3) is 0 Å². The SMILES string of the molecule is CNCC(C)(C)Cc1ccc2c(c1)CCCS2. The normalized spacial score (nSPS) is 15.7. The Morgan fingerprint density at radius 3 is 2.94 bits per heavy atom. The number of fused-ring (bicyclic) bond motifs is 1. The first-order chi connectivity index (χ1) is 8.11. The first kappa shape index (κ1) is 13.0. The van der Waals surface area contributed by atoms with Crippen LogP contribution in [-0.4, -0.2) is 19.3 Å². The molecule has 0 aliphatic carbocycles. The second kappa shape index (κ2) is 5.45. The molecule has 0 saturated carbocycles. The molecule has 1 N–H and O–H groups in total. The number of thioether (sulfide) groups is 1. The van der Waals surface area contributed by atoms with E-state index in [2.05, 4.69) is 37.4 Å². The summed E-state index contributed by atoms with van der Waals surface area (Å²) < 4.78 is 0. The van der Waals surface area contributed by atoms with Crippen molar-refractivity contribution in [3.8, 4) is 0 Å². The van der Waals surface area contributed by atoms with E-state index in [-0.39, 0.29) is 0 Å². The van der Waals surface area contributed by atoms with Crippen LogP contribution in [0.25, 0.3) is 0 Å². The summed E-state index contributed by atoms with van der Waals surface area (Å²) in [6.07, 6.45) is 3.76. The Hall–Kier alpha value is -0.470. The molecule has 2 rings (SSSR count). The summed E-state index contributed by atoms with van der Waals surface area (Å²) in [7, 11) is 2.03. The van der Waals surface area contributed by atoms with E-state index in [4.69, 9.17) is 0 Å². The van der Waals surface area contributed by atoms with Crippen molar-refractivity contribution in [3.05, 3.63) is 29.3 Å². The summed E-state index contributed by atoms with van der Waals surface area (Å²) in [6.45, 7) is 5.73. The van der Waals surface area contributed by atoms with Crippen LogP contribution < -0.4 is 5.32 Å². The van der Waals surface area contributed by atoms with E-state index in [1.807, 2.05) is 18.8 Å². The van der Waals surface area contributed by atoms with Gasteiger partial charge in [-0.15, -0.1) is 11.8 Å². The minimum absolute atomic E-state index is 0.338. The standard InChI is InChI=1S/C15H23NS/c1-15(2,11-16-3)10-12-6-7-14-13(9-12)5-4-8-17-14/h6-7,9,16H,4-5,8,10-11H2,1-3H3. The zero-order valence-corrected chi connectivity index (χ0v) is 12.0. The van der Waals surface area contributed by atoms with Gasteiger partial charge in [0.05, 0.1) is 0 Å². The van der Waals surface area contributed by atoms with Crippen LogP contribution in [0.2, 0.25) is 0 Å². The van der Waals surface area contributed by atoms with Gasteiger partial charge >= 0.3 is 0 Å². The highest BCUT2D eigenvalue weighted by Gasteiger charge is 2.18. The van der Waals surface area contributed by atoms with Crippen LogP contribution >= 0.6 is 11.8 Å². The van der Waals surface area contributed by atoms with Crippen LogP contribution in [0.4, 0.5) is 0 Å². The maximum Gasteiger partial charge on any atom is 0.0104 e. The van der Waals surface area contributed by atoms with Crippen LogP contribution in [-0.2, 0) is 12.8 Å². The van der Waals surface area contributed by atoms with E-state index in [0.717, 1.165) is 13.0 Å². The summed E-state index contributed by atoms with van der Waals surface area (Å²) >= 11 is 2.01. The third-order valence-electron chi connectivity index (χ3n) is 3.31. The molecule has 0 amide bonds. The lowest BCUT2D eigenvalue weighted by Gasteiger charge is -2.25. The molecule has 0 spiro atoms. The Balaban J connectivity index is 2.11. The van der Waals surface area contributed by atoms with Crippen molar-refractivity contribution >= 4 is 11.8 Å². The molecule has 0 radical (unpaired) electrons. The van der Waals surface area contributed by atoms with E-state index >= 15 is 0 Å². The van der Waals surface area contributed by atoms with E-state index in [1.165, 1.54) is 29.1 Å². The van der Waals surface area contributed by atoms with Gasteiger partial charge in [0, 0.05) is 11.4 Å². The van der Waals surface area contributed by atoms with Gasteiger partial charge in [-0.25, -0.2) is 0 Å². The quantitative estimate of drug-likeness (QED) is 0.876. The number of benzene rings is 1. The molecule has 1 nitrogen and oxygen atoms in total. The molecule has 0 aromatic heterocycles. The van der Waals surface area contributed by atoms with Gasteiger partial charge in [-0.05, 0) is 54.7 Å². The largest absolute Gasteiger partial charge is 0.319 e. The Bertz CT molecular complexity index is 385. The third-order valence-corrected chi connectivity index (χ3v) is 4.51. The van der Waals surface area contributed by atoms with Crippen LogP contribution in [0.1, 0.15) is 31.4 Å². The molecule has 17 heavy (non-hydrogen) atoms. The van der Waals surface area contributed by atoms with E-state index < -0.39 is 0 Å². The van der Waals surface area contributed by atoms with Crippen LogP contribution in [0.5, 0.6) is 0 Å². The molecule has 1 aromatic carbocycles. The summed E-state index contributed by atoms with van der Waals surface area (Å²) in [5, 5.41) is 3.29. The Morgan fingerprint density at radius 1 is 1.35 bits per heavy atom. The lowest BCUT2D eigenvalue weighted by Crippen LogP contribution is -2.28. The predicted molar refractivity (Wildman–Crippen MR) is 76.9 cm³/mol. The van der Waals surface area contributed by atoms with Crippen molar-refractivity contribution in [1.29, 1.82) is 0 Å². The Labute approximate surface area is 109 Å². The molecule has 0 atom stereocenters. The van der Waals surface area contributed by atoms with E-state index in [9.17, 15) is 0 Å². The number of nitrogens with one attached hydrogen (secondary N) is 1. The zero-order chi connectivity index (χ0) is 12.3. The summed E-state index contributed by atoms with van der Waals surface area (Å²) in [5.74, 6) is 1.29. The molecule has 1 aliphatic heterocycles. The van der Waals surface area contributed by atoms with Crippen molar-refractivity contribution in [3.63, 3.8) is 0 Å². The van der Waals surface area contributed by atoms with E-state index in [1.54, 1.807) is 5.56 Å². The van der Waals surface area contributed by atoms with E-state index in [0.29, 0.717) is 5.41 Å². The first-order valence-electron chi connectivity index (χ1n) is 6.50. The summed E-state index contributed by atoms with van der Waals surface area (Å²) in [4.78, 5) is 1.51. The average Bonchev–Trinajstić information content (AvgIpc) is 2.28. The van der Waals surface area contributed by atoms with Crippen LogP contribution in [0.15, 0.2) is 23.1 Å². The third kappa shape index (κ3) is 3.49. The highest BCUT2D eigenvalue weighted by Crippen LogP contribution is 2.32. The summed E-state index contributed by atoms with van der Waals surface area (Å²) in [6, 6.07) is 7.07. The fraction of sp³-hybridized carbons (Fsp3) is 0.600. The first-order valence-corrected chi connectivity index (χ1v) is 7.48. The number of rotatable bonds is 4. The van der Waals surface area contributed by atoms with Gasteiger partial charge in [0.1, 0.15) is 0 Å². The van der Waals surface area contributed by atoms with Gasteiger partial charge < -0.3 is 5.32 Å². The smallest absolute Gasteiger partial charge is 0.0104 e. The number of aryl methyl sites for hydroxylation is 1. The topological polar surface area (TPSA) is 12.0 Å². The van der Waals surface area contributed by atoms with Crippen molar-refractivity contribution in [2.24, 2.45) is 5.41 Å². The average molecular weight is 249 g/mol. The lowest BCUT2D eigenvalue weighted by molar-refractivity contribution is 0.350. The maximum absolute atomic E-state index is 3.29. The highest BCUT2D eigenvalue weighted by molar-refractivity contribution is 7.99. The molecule has 0 fully saturated rings. The van der Waals surface area contributed by atoms with Crippen LogP contribution in [0.3, 0.4) is 0 Å². The minimum atomic E-state index is 0.338. The van der Waals surface area contributed by atoms with Crippen molar-refractivity contribution in [2.45, 2.75) is 38.0 Å². The number of hydrogen-bond donors (Lipinski definition) is 1. The fourth-order valence-corrected chi connectivity index (χ4v) is 3.64. The molecular weight excluding hydrogens is 226 g/mol. The monoisotopic (exact) mass is 249 g/mol. The highest BCUT2D eigenvalue weighted by atomic mass is 32.2. The molecular formula is C15H23NS. The van der Waals surface area contributed by atoms with Gasteiger partial charge in [-0.3, -0.25) is 0 Å². The number of hydrogen-bond acceptors (Lipinski definition) is 2. The zero-order valence-electron chi connectivity index (χ0n) is 11.2. The fourth-order valence-electron chi connectivity index (χ4n) is 2.62. The summed E-state index contributed by atoms with van der Waals surface area (Å²) in [5.41, 5.74) is 3.40. The molecule has 0 bridgehead atoms. The molecule has 94 valence electrons. The molecule has 0 saturated heterocycles. The van der Waals surface area contributed by atoms with Gasteiger partial charge in [-0.2, -0.15) is 0 Å². The predicted octanol–water partition coefficient (Wildman–Crippen LogP) is 3.51. The van der Waals surface area contributed by atoms with Gasteiger partial charge in [0.2, 0.25) is 0 Å². The van der Waals surface area contributed by atoms with Crippen molar-refractivity contribution in [1.82, 2.24) is 5.32 Å². The molecule has 2 heteroatoms. The lowest BCUT2D eigenvalue weighted by atomic mass is 9.85. The van der Waals surface area contributed by atoms with Crippen molar-refractivity contribution in [2.75, 3.05) is 19.3 Å². The van der Waals surface area contributed by atoms with Crippen molar-refractivity contribution < 1.29 is 0 Å². The second-order valence-corrected chi connectivity index (χ2v) is 6.90. The second-order valence-electron chi connectivity index (χ2n) is 5.77. The maximum atomic E-state index is 3.29. The van der Waals surface area contributed by atoms with Gasteiger partial charge in [0.15, 0.2) is 0 Å². The molecule has 0 unspecified atom stereocenters. The molecule has 1 heterocycles. The Kier molecular flexibility index (Phi) is 4.16. The van der Waals surface area contributed by atoms with Gasteiger partial charge in [-0.1, -0.05) is 26.0 Å². The van der Waals surface area contributed by atoms with Crippen LogP contribution in [0, 0.1) is 5.41 Å². The minimum Gasteiger partial charge on any atom is -0.319 e.